The molecule has 2 bridgehead atoms. The second kappa shape index (κ2) is 17.1. The second-order valence-electron chi connectivity index (χ2n) is 19.4. The molecule has 4 fully saturated rings. The number of hydrogen-bond donors (Lipinski definition) is 4. The van der Waals surface area contributed by atoms with E-state index in [1.807, 2.05) is 44.2 Å². The monoisotopic (exact) mass is 1010 g/mol. The molecule has 20 heteroatoms. The summed E-state index contributed by atoms with van der Waals surface area (Å²) in [4.78, 5) is 70.4. The zero-order valence-corrected chi connectivity index (χ0v) is 40.3. The molecule has 3 amide bonds. The zero-order valence-electron chi connectivity index (χ0n) is 37.9. The van der Waals surface area contributed by atoms with E-state index in [-0.39, 0.29) is 70.6 Å². The smallest absolute Gasteiger partial charge is 0.349 e. The van der Waals surface area contributed by atoms with Gasteiger partial charge in [-0.2, -0.15) is 9.29 Å². The van der Waals surface area contributed by atoms with Crippen molar-refractivity contribution in [1.82, 2.24) is 14.6 Å². The number of ether oxygens (including phenoxy) is 1. The number of aliphatic carboxylic acids is 1. The van der Waals surface area contributed by atoms with Gasteiger partial charge in [0.15, 0.2) is 22.8 Å². The van der Waals surface area contributed by atoms with Crippen molar-refractivity contribution < 1.29 is 51.8 Å². The number of oxazole rings is 1. The van der Waals surface area contributed by atoms with Gasteiger partial charge < -0.3 is 29.6 Å². The number of rotatable bonds is 13. The summed E-state index contributed by atoms with van der Waals surface area (Å²) in [5.74, 6) is -3.44. The number of halogens is 1. The van der Waals surface area contributed by atoms with E-state index in [9.17, 15) is 37.5 Å². The van der Waals surface area contributed by atoms with Crippen LogP contribution in [0.2, 0.25) is 5.02 Å². The van der Waals surface area contributed by atoms with Crippen molar-refractivity contribution >= 4 is 102 Å². The summed E-state index contributed by atoms with van der Waals surface area (Å²) in [6.45, 7) is 4.09. The number of carboxylic acid groups (broad SMARTS) is 2. The first-order valence-electron chi connectivity index (χ1n) is 23.1. The molecule has 0 radical (unpaired) electrons. The van der Waals surface area contributed by atoms with Crippen molar-refractivity contribution in [2.75, 3.05) is 34.8 Å². The van der Waals surface area contributed by atoms with Crippen LogP contribution < -0.4 is 25.2 Å². The number of carboxylic acids is 2. The number of hydrogen-bond acceptors (Lipinski definition) is 13. The molecule has 6 heterocycles. The van der Waals surface area contributed by atoms with Crippen LogP contribution in [0.25, 0.3) is 32.3 Å². The van der Waals surface area contributed by atoms with Crippen LogP contribution in [0.5, 0.6) is 5.75 Å². The predicted molar refractivity (Wildman–Crippen MR) is 262 cm³/mol. The zero-order chi connectivity index (χ0) is 49.0. The van der Waals surface area contributed by atoms with Gasteiger partial charge in [-0.3, -0.25) is 24.6 Å². The van der Waals surface area contributed by atoms with E-state index in [2.05, 4.69) is 27.7 Å². The molecule has 6 aromatic rings. The molecule has 5 unspecified atom stereocenters. The molecule has 2 aromatic heterocycles. The molecule has 1 saturated carbocycles. The van der Waals surface area contributed by atoms with Gasteiger partial charge in [0.2, 0.25) is 21.8 Å². The lowest BCUT2D eigenvalue weighted by atomic mass is 9.84. The summed E-state index contributed by atoms with van der Waals surface area (Å²) in [7, 11) is -3.78. The number of piperidine rings is 3. The van der Waals surface area contributed by atoms with Crippen LogP contribution in [-0.2, 0) is 30.2 Å². The van der Waals surface area contributed by atoms with Crippen LogP contribution in [0.4, 0.5) is 17.4 Å². The maximum atomic E-state index is 14.2. The van der Waals surface area contributed by atoms with Crippen LogP contribution in [0.3, 0.4) is 0 Å². The SMILES string of the molecule is CC1(C)CC(Nc2cccc(-c3sc(C(=O)O)c(OCC(=O)O)c3Cl)c2)CCN1S(=O)(=O)Cc1ccc2oc(N3CC4CC3CC4c3ccc4c5c(cccc35)C(=O)N4C3CCC(=O)NC3=O)nc2c1. The lowest BCUT2D eigenvalue weighted by Crippen LogP contribution is -2.55. The highest BCUT2D eigenvalue weighted by molar-refractivity contribution is 7.88. The number of aromatic nitrogens is 1. The van der Waals surface area contributed by atoms with Crippen LogP contribution in [0, 0.1) is 5.92 Å². The van der Waals surface area contributed by atoms with Gasteiger partial charge >= 0.3 is 11.9 Å². The third-order valence-corrected chi connectivity index (χ3v) is 18.3. The summed E-state index contributed by atoms with van der Waals surface area (Å²) in [5.41, 5.74) is 4.78. The largest absolute Gasteiger partial charge is 0.479 e. The van der Waals surface area contributed by atoms with Crippen molar-refractivity contribution in [3.05, 3.63) is 99.4 Å². The summed E-state index contributed by atoms with van der Waals surface area (Å²) >= 11 is 7.43. The number of amides is 3. The minimum Gasteiger partial charge on any atom is -0.479 e. The van der Waals surface area contributed by atoms with Gasteiger partial charge in [-0.15, -0.1) is 11.3 Å². The first-order valence-corrected chi connectivity index (χ1v) is 25.9. The number of imide groups is 1. The minimum absolute atomic E-state index is 0.00736. The normalized spacial score (nSPS) is 23.1. The third kappa shape index (κ3) is 7.92. The number of anilines is 3. The molecule has 4 N–H and O–H groups in total. The maximum Gasteiger partial charge on any atom is 0.349 e. The van der Waals surface area contributed by atoms with Crippen molar-refractivity contribution in [3.63, 3.8) is 0 Å². The van der Waals surface area contributed by atoms with E-state index in [1.165, 1.54) is 5.56 Å². The van der Waals surface area contributed by atoms with E-state index in [4.69, 9.17) is 30.8 Å². The van der Waals surface area contributed by atoms with E-state index in [0.29, 0.717) is 63.1 Å². The maximum absolute atomic E-state index is 14.2. The average molecular weight is 1010 g/mol. The minimum atomic E-state index is -3.78. The van der Waals surface area contributed by atoms with Crippen molar-refractivity contribution in [3.8, 4) is 16.2 Å². The number of nitrogens with one attached hydrogen (secondary N) is 2. The Morgan fingerprint density at radius 1 is 1.03 bits per heavy atom. The van der Waals surface area contributed by atoms with Gasteiger partial charge in [0.05, 0.1) is 16.3 Å². The van der Waals surface area contributed by atoms with Crippen LogP contribution in [0.1, 0.15) is 89.4 Å². The van der Waals surface area contributed by atoms with E-state index in [0.717, 1.165) is 47.2 Å². The van der Waals surface area contributed by atoms with Crippen molar-refractivity contribution in [2.24, 2.45) is 5.92 Å². The molecule has 5 atom stereocenters. The number of aromatic carboxylic acids is 1. The Labute approximate surface area is 410 Å². The Hall–Kier alpha value is -6.54. The highest BCUT2D eigenvalue weighted by atomic mass is 35.5. The topological polar surface area (TPSA) is 229 Å². The average Bonchev–Trinajstić information content (AvgIpc) is 4.14. The summed E-state index contributed by atoms with van der Waals surface area (Å²) in [6, 6.07) is 22.2. The molecular formula is C50H47ClN6O11S2. The molecule has 5 aliphatic rings. The molecule has 4 aromatic carbocycles. The van der Waals surface area contributed by atoms with Gasteiger partial charge in [-0.25, -0.2) is 18.0 Å². The molecule has 17 nitrogen and oxygen atoms in total. The number of fused-ring (bicyclic) bond motifs is 3. The lowest BCUT2D eigenvalue weighted by Gasteiger charge is -2.45. The van der Waals surface area contributed by atoms with Crippen LogP contribution >= 0.6 is 22.9 Å². The van der Waals surface area contributed by atoms with Crippen molar-refractivity contribution in [1.29, 1.82) is 0 Å². The third-order valence-electron chi connectivity index (χ3n) is 14.5. The fourth-order valence-corrected chi connectivity index (χ4v) is 15.0. The molecule has 0 spiro atoms. The Morgan fingerprint density at radius 2 is 1.84 bits per heavy atom. The molecular weight excluding hydrogens is 960 g/mol. The highest BCUT2D eigenvalue weighted by Gasteiger charge is 2.48. The van der Waals surface area contributed by atoms with Gasteiger partial charge in [-0.05, 0) is 116 Å². The quantitative estimate of drug-likeness (QED) is 0.0808. The van der Waals surface area contributed by atoms with Gasteiger partial charge in [-0.1, -0.05) is 48.0 Å². The van der Waals surface area contributed by atoms with Gasteiger partial charge in [0.25, 0.3) is 11.9 Å². The number of carbonyl (C=O) groups is 5. The molecule has 70 heavy (non-hydrogen) atoms. The molecule has 1 aliphatic carbocycles. The van der Waals surface area contributed by atoms with Gasteiger partial charge in [0, 0.05) is 53.8 Å². The van der Waals surface area contributed by atoms with Crippen LogP contribution in [-0.4, -0.2) is 101 Å². The van der Waals surface area contributed by atoms with Crippen molar-refractivity contribution in [2.45, 2.75) is 87.7 Å². The summed E-state index contributed by atoms with van der Waals surface area (Å²) in [5, 5.41) is 26.6. The molecule has 362 valence electrons. The van der Waals surface area contributed by atoms with Gasteiger partial charge in [0.1, 0.15) is 16.6 Å². The van der Waals surface area contributed by atoms with Crippen LogP contribution in [0.15, 0.2) is 77.2 Å². The number of thiophene rings is 1. The Balaban J connectivity index is 0.744. The van der Waals surface area contributed by atoms with E-state index >= 15 is 0 Å². The Kier molecular flexibility index (Phi) is 11.2. The van der Waals surface area contributed by atoms with E-state index in [1.54, 1.807) is 39.5 Å². The lowest BCUT2D eigenvalue weighted by molar-refractivity contribution is -0.139. The number of carbonyl (C=O) groups excluding carboxylic acids is 3. The highest BCUT2D eigenvalue weighted by Crippen LogP contribution is 2.53. The first-order chi connectivity index (χ1) is 33.4. The second-order valence-corrected chi connectivity index (χ2v) is 22.7. The summed E-state index contributed by atoms with van der Waals surface area (Å²) in [6.07, 6.45) is 3.29. The fourth-order valence-electron chi connectivity index (χ4n) is 11.6. The Morgan fingerprint density at radius 3 is 2.59 bits per heavy atom. The molecule has 11 rings (SSSR count). The predicted octanol–water partition coefficient (Wildman–Crippen LogP) is 7.86. The molecule has 4 aliphatic heterocycles. The number of nitrogens with zero attached hydrogens (tertiary/aromatic N) is 4. The first kappa shape index (κ1) is 45.9. The molecule has 3 saturated heterocycles. The van der Waals surface area contributed by atoms with E-state index < -0.39 is 46.1 Å². The fraction of sp³-hybridized carbons (Fsp3) is 0.360. The number of benzene rings is 4. The summed E-state index contributed by atoms with van der Waals surface area (Å²) < 4.78 is 41.5. The Bertz CT molecular complexity index is 3340. The number of sulfonamides is 1. The standard InChI is InChI=1S/C50H47ClN6O11S2/c1-50(2)21-29(52-28-6-3-5-26(18-28)44-42(51)43(67-23-40(59)60)45(69-44)48(63)64)15-16-56(50)70(65,66)24-25-9-13-38-35(17-25)53-49(68-38)55-22-27-19-30(55)20-34(27)31-10-11-36-41-32(31)7-4-8-33(41)47(62)57(36)37-12-14-39(58)54-46(37)61/h3-11,13,17-18,27,29-30,34,37,52H,12,14-16,19-24H2,1-2H3,(H,59,60)(H,63,64)(H,54,58,61).